The molecule has 2 rings (SSSR count). The van der Waals surface area contributed by atoms with Crippen LogP contribution in [0.3, 0.4) is 0 Å². The standard InChI is InChI=1S/C16H31N3O2/c1-4-21-12-11-17-9-10-19(13-14(17)2)15(3)16(20)18-7-5-6-8-18/h14-15H,4-13H2,1-3H3/t14-,15+/m0/s1. The molecule has 2 heterocycles. The highest BCUT2D eigenvalue weighted by Crippen LogP contribution is 2.16. The first-order valence-electron chi connectivity index (χ1n) is 8.48. The SMILES string of the molecule is CCOCCN1CCN([C@H](C)C(=O)N2CCCC2)C[C@@H]1C. The normalized spacial score (nSPS) is 26.2. The Morgan fingerprint density at radius 1 is 1.24 bits per heavy atom. The van der Waals surface area contributed by atoms with Gasteiger partial charge in [0.25, 0.3) is 0 Å². The van der Waals surface area contributed by atoms with Crippen LogP contribution in [0.2, 0.25) is 0 Å². The highest BCUT2D eigenvalue weighted by Gasteiger charge is 2.32. The molecule has 0 spiro atoms. The molecule has 2 fully saturated rings. The van der Waals surface area contributed by atoms with Gasteiger partial charge < -0.3 is 9.64 Å². The Hall–Kier alpha value is -0.650. The molecule has 0 aromatic carbocycles. The summed E-state index contributed by atoms with van der Waals surface area (Å²) in [5, 5.41) is 0. The highest BCUT2D eigenvalue weighted by atomic mass is 16.5. The van der Waals surface area contributed by atoms with Crippen LogP contribution in [0.15, 0.2) is 0 Å². The predicted octanol–water partition coefficient (Wildman–Crippen LogP) is 1.04. The fraction of sp³-hybridized carbons (Fsp3) is 0.938. The molecule has 0 bridgehead atoms. The average molecular weight is 297 g/mol. The van der Waals surface area contributed by atoms with Crippen molar-refractivity contribution in [2.75, 3.05) is 52.5 Å². The summed E-state index contributed by atoms with van der Waals surface area (Å²) in [5.41, 5.74) is 0. The maximum Gasteiger partial charge on any atom is 0.239 e. The summed E-state index contributed by atoms with van der Waals surface area (Å²) in [6.07, 6.45) is 2.33. The summed E-state index contributed by atoms with van der Waals surface area (Å²) in [4.78, 5) is 19.4. The Balaban J connectivity index is 1.79. The van der Waals surface area contributed by atoms with Crippen molar-refractivity contribution in [3.8, 4) is 0 Å². The lowest BCUT2D eigenvalue weighted by Gasteiger charge is -2.42. The van der Waals surface area contributed by atoms with Crippen LogP contribution in [0.25, 0.3) is 0 Å². The highest BCUT2D eigenvalue weighted by molar-refractivity contribution is 5.81. The number of piperazine rings is 1. The molecule has 1 amide bonds. The second kappa shape index (κ2) is 8.11. The zero-order valence-electron chi connectivity index (χ0n) is 13.9. The van der Waals surface area contributed by atoms with Gasteiger partial charge in [-0.2, -0.15) is 0 Å². The first kappa shape index (κ1) is 16.7. The van der Waals surface area contributed by atoms with Crippen molar-refractivity contribution in [2.45, 2.75) is 45.7 Å². The van der Waals surface area contributed by atoms with E-state index in [4.69, 9.17) is 4.74 Å². The molecule has 0 radical (unpaired) electrons. The van der Waals surface area contributed by atoms with E-state index in [1.54, 1.807) is 0 Å². The monoisotopic (exact) mass is 297 g/mol. The van der Waals surface area contributed by atoms with Gasteiger partial charge in [-0.1, -0.05) is 0 Å². The Bertz CT molecular complexity index is 331. The molecule has 0 saturated carbocycles. The van der Waals surface area contributed by atoms with Crippen molar-refractivity contribution in [3.63, 3.8) is 0 Å². The summed E-state index contributed by atoms with van der Waals surface area (Å²) < 4.78 is 5.45. The van der Waals surface area contributed by atoms with Crippen LogP contribution in [-0.4, -0.2) is 85.2 Å². The Kier molecular flexibility index (Phi) is 6.45. The molecular weight excluding hydrogens is 266 g/mol. The summed E-state index contributed by atoms with van der Waals surface area (Å²) in [6.45, 7) is 13.9. The van der Waals surface area contributed by atoms with Crippen LogP contribution in [0.5, 0.6) is 0 Å². The van der Waals surface area contributed by atoms with Gasteiger partial charge in [-0.15, -0.1) is 0 Å². The number of ether oxygens (including phenoxy) is 1. The zero-order valence-corrected chi connectivity index (χ0v) is 13.9. The first-order chi connectivity index (χ1) is 10.1. The smallest absolute Gasteiger partial charge is 0.239 e. The quantitative estimate of drug-likeness (QED) is 0.686. The van der Waals surface area contributed by atoms with E-state index in [1.807, 2.05) is 11.8 Å². The predicted molar refractivity (Wildman–Crippen MR) is 84.4 cm³/mol. The van der Waals surface area contributed by atoms with Crippen molar-refractivity contribution in [1.82, 2.24) is 14.7 Å². The Morgan fingerprint density at radius 2 is 1.95 bits per heavy atom. The van der Waals surface area contributed by atoms with Crippen LogP contribution in [-0.2, 0) is 9.53 Å². The van der Waals surface area contributed by atoms with Gasteiger partial charge >= 0.3 is 0 Å². The van der Waals surface area contributed by atoms with E-state index in [0.717, 1.165) is 52.5 Å². The zero-order chi connectivity index (χ0) is 15.2. The molecule has 0 N–H and O–H groups in total. The van der Waals surface area contributed by atoms with Crippen molar-refractivity contribution >= 4 is 5.91 Å². The first-order valence-corrected chi connectivity index (χ1v) is 8.48. The third-order valence-electron chi connectivity index (χ3n) is 4.85. The van der Waals surface area contributed by atoms with Crippen LogP contribution in [0, 0.1) is 0 Å². The molecule has 2 saturated heterocycles. The number of carbonyl (C=O) groups is 1. The maximum absolute atomic E-state index is 12.5. The van der Waals surface area contributed by atoms with E-state index in [0.29, 0.717) is 11.9 Å². The largest absolute Gasteiger partial charge is 0.380 e. The number of hydrogen-bond acceptors (Lipinski definition) is 4. The molecule has 5 nitrogen and oxygen atoms in total. The van der Waals surface area contributed by atoms with Gasteiger partial charge in [0.15, 0.2) is 0 Å². The molecular formula is C16H31N3O2. The van der Waals surface area contributed by atoms with Gasteiger partial charge in [0.05, 0.1) is 12.6 Å². The van der Waals surface area contributed by atoms with E-state index in [9.17, 15) is 4.79 Å². The van der Waals surface area contributed by atoms with Gasteiger partial charge in [-0.25, -0.2) is 0 Å². The molecule has 2 aliphatic heterocycles. The lowest BCUT2D eigenvalue weighted by Crippen LogP contribution is -2.57. The van der Waals surface area contributed by atoms with E-state index < -0.39 is 0 Å². The van der Waals surface area contributed by atoms with Crippen molar-refractivity contribution in [1.29, 1.82) is 0 Å². The minimum Gasteiger partial charge on any atom is -0.380 e. The topological polar surface area (TPSA) is 36.0 Å². The van der Waals surface area contributed by atoms with Gasteiger partial charge in [-0.05, 0) is 33.6 Å². The van der Waals surface area contributed by atoms with E-state index in [1.165, 1.54) is 12.8 Å². The Morgan fingerprint density at radius 3 is 2.57 bits per heavy atom. The molecule has 5 heteroatoms. The van der Waals surface area contributed by atoms with Crippen molar-refractivity contribution in [3.05, 3.63) is 0 Å². The lowest BCUT2D eigenvalue weighted by atomic mass is 10.1. The van der Waals surface area contributed by atoms with Gasteiger partial charge in [0.1, 0.15) is 0 Å². The number of hydrogen-bond donors (Lipinski definition) is 0. The van der Waals surface area contributed by atoms with Crippen LogP contribution in [0.4, 0.5) is 0 Å². The van der Waals surface area contributed by atoms with E-state index in [2.05, 4.69) is 23.6 Å². The van der Waals surface area contributed by atoms with Crippen molar-refractivity contribution < 1.29 is 9.53 Å². The lowest BCUT2D eigenvalue weighted by molar-refractivity contribution is -0.136. The number of likely N-dealkylation sites (tertiary alicyclic amines) is 1. The molecule has 0 aliphatic carbocycles. The van der Waals surface area contributed by atoms with Crippen LogP contribution >= 0.6 is 0 Å². The molecule has 21 heavy (non-hydrogen) atoms. The number of rotatable bonds is 6. The minimum absolute atomic E-state index is 0.0274. The molecule has 0 aromatic heterocycles. The molecule has 0 unspecified atom stereocenters. The second-order valence-corrected chi connectivity index (χ2v) is 6.29. The maximum atomic E-state index is 12.5. The van der Waals surface area contributed by atoms with Gasteiger partial charge in [0, 0.05) is 51.9 Å². The molecule has 2 atom stereocenters. The Labute approximate surface area is 129 Å². The van der Waals surface area contributed by atoms with Gasteiger partial charge in [0.2, 0.25) is 5.91 Å². The number of nitrogens with zero attached hydrogens (tertiary/aromatic N) is 3. The molecule has 122 valence electrons. The second-order valence-electron chi connectivity index (χ2n) is 6.29. The van der Waals surface area contributed by atoms with Crippen LogP contribution in [0.1, 0.15) is 33.6 Å². The summed E-state index contributed by atoms with van der Waals surface area (Å²) in [7, 11) is 0. The fourth-order valence-electron chi connectivity index (χ4n) is 3.39. The van der Waals surface area contributed by atoms with Crippen molar-refractivity contribution in [2.24, 2.45) is 0 Å². The molecule has 2 aliphatic rings. The van der Waals surface area contributed by atoms with E-state index in [-0.39, 0.29) is 6.04 Å². The van der Waals surface area contributed by atoms with E-state index >= 15 is 0 Å². The fourth-order valence-corrected chi connectivity index (χ4v) is 3.39. The number of amides is 1. The van der Waals surface area contributed by atoms with Gasteiger partial charge in [-0.3, -0.25) is 14.6 Å². The third kappa shape index (κ3) is 4.41. The number of carbonyl (C=O) groups excluding carboxylic acids is 1. The molecule has 0 aromatic rings. The third-order valence-corrected chi connectivity index (χ3v) is 4.85. The summed E-state index contributed by atoms with van der Waals surface area (Å²) >= 11 is 0. The summed E-state index contributed by atoms with van der Waals surface area (Å²) in [5.74, 6) is 0.322. The summed E-state index contributed by atoms with van der Waals surface area (Å²) in [6, 6.07) is 0.521. The minimum atomic E-state index is 0.0274. The average Bonchev–Trinajstić information content (AvgIpc) is 3.02. The van der Waals surface area contributed by atoms with Crippen LogP contribution < -0.4 is 0 Å².